The molecule has 0 bridgehead atoms. The average Bonchev–Trinajstić information content (AvgIpc) is 3.31. The van der Waals surface area contributed by atoms with Crippen molar-refractivity contribution in [2.24, 2.45) is 18.9 Å². The van der Waals surface area contributed by atoms with E-state index >= 15 is 0 Å². The summed E-state index contributed by atoms with van der Waals surface area (Å²) in [5.74, 6) is 0.572. The van der Waals surface area contributed by atoms with Gasteiger partial charge in [0.15, 0.2) is 0 Å². The normalized spacial score (nSPS) is 26.3. The van der Waals surface area contributed by atoms with E-state index < -0.39 is 10.0 Å². The van der Waals surface area contributed by atoms with Crippen molar-refractivity contribution in [2.75, 3.05) is 26.2 Å². The van der Waals surface area contributed by atoms with Crippen molar-refractivity contribution in [3.05, 3.63) is 48.3 Å². The van der Waals surface area contributed by atoms with Gasteiger partial charge in [-0.2, -0.15) is 5.10 Å². The van der Waals surface area contributed by atoms with E-state index in [9.17, 15) is 8.42 Å². The Balaban J connectivity index is 1.34. The van der Waals surface area contributed by atoms with E-state index in [4.69, 9.17) is 4.74 Å². The summed E-state index contributed by atoms with van der Waals surface area (Å²) < 4.78 is 35.3. The number of hydrogen-bond donors (Lipinski definition) is 1. The summed E-state index contributed by atoms with van der Waals surface area (Å²) in [6, 6.07) is 8.50. The molecule has 2 aliphatic rings. The van der Waals surface area contributed by atoms with Crippen molar-refractivity contribution in [1.82, 2.24) is 19.4 Å². The number of likely N-dealkylation sites (tertiary alicyclic amines) is 1. The van der Waals surface area contributed by atoms with Crippen LogP contribution >= 0.6 is 0 Å². The third-order valence-electron chi connectivity index (χ3n) is 5.27. The minimum absolute atomic E-state index is 0.193. The number of nitrogens with one attached hydrogen (secondary N) is 1. The van der Waals surface area contributed by atoms with Crippen molar-refractivity contribution in [2.45, 2.75) is 17.5 Å². The molecule has 8 heteroatoms. The molecule has 1 aromatic heterocycles. The first-order valence-corrected chi connectivity index (χ1v) is 10.4. The van der Waals surface area contributed by atoms with E-state index in [1.54, 1.807) is 24.3 Å². The number of sulfonamides is 1. The fourth-order valence-corrected chi connectivity index (χ4v) is 5.05. The van der Waals surface area contributed by atoms with E-state index in [0.29, 0.717) is 24.0 Å². The Morgan fingerprint density at radius 3 is 2.81 bits per heavy atom. The van der Waals surface area contributed by atoms with Crippen LogP contribution in [0.2, 0.25) is 0 Å². The molecule has 2 saturated heterocycles. The van der Waals surface area contributed by atoms with E-state index in [2.05, 4.69) is 14.7 Å². The highest BCUT2D eigenvalue weighted by Gasteiger charge is 2.43. The van der Waals surface area contributed by atoms with Gasteiger partial charge >= 0.3 is 0 Å². The molecule has 140 valence electrons. The van der Waals surface area contributed by atoms with Crippen LogP contribution in [0.1, 0.15) is 5.56 Å². The Labute approximate surface area is 154 Å². The van der Waals surface area contributed by atoms with Gasteiger partial charge in [0.2, 0.25) is 10.0 Å². The maximum Gasteiger partial charge on any atom is 0.240 e. The summed E-state index contributed by atoms with van der Waals surface area (Å²) in [6.45, 7) is 3.71. The first kappa shape index (κ1) is 17.7. The van der Waals surface area contributed by atoms with Gasteiger partial charge < -0.3 is 4.74 Å². The SMILES string of the molecule is Cn1cc(CN2C[C@@H]3[C@H](CNS(=O)(=O)c4ccccc4)CO[C@@H]3C2)cn1. The van der Waals surface area contributed by atoms with Gasteiger partial charge in [0, 0.05) is 56.8 Å². The molecule has 2 aliphatic heterocycles. The number of nitrogens with zero attached hydrogens (tertiary/aromatic N) is 3. The molecule has 4 rings (SSSR count). The van der Waals surface area contributed by atoms with Gasteiger partial charge in [-0.1, -0.05) is 18.2 Å². The Kier molecular flexibility index (Phi) is 4.83. The molecule has 0 saturated carbocycles. The Morgan fingerprint density at radius 1 is 1.27 bits per heavy atom. The highest BCUT2D eigenvalue weighted by Crippen LogP contribution is 2.34. The van der Waals surface area contributed by atoms with Gasteiger partial charge in [0.1, 0.15) is 0 Å². The number of aryl methyl sites for hydroxylation is 1. The van der Waals surface area contributed by atoms with E-state index in [-0.39, 0.29) is 12.0 Å². The predicted molar refractivity (Wildman–Crippen MR) is 96.8 cm³/mol. The van der Waals surface area contributed by atoms with Crippen LogP contribution in [-0.4, -0.2) is 55.4 Å². The van der Waals surface area contributed by atoms with Crippen molar-refractivity contribution in [1.29, 1.82) is 0 Å². The van der Waals surface area contributed by atoms with Gasteiger partial charge in [-0.3, -0.25) is 9.58 Å². The molecule has 2 aromatic rings. The summed E-state index contributed by atoms with van der Waals surface area (Å²) in [7, 11) is -1.55. The van der Waals surface area contributed by atoms with Gasteiger partial charge in [0.25, 0.3) is 0 Å². The Morgan fingerprint density at radius 2 is 2.08 bits per heavy atom. The summed E-state index contributed by atoms with van der Waals surface area (Å²) in [4.78, 5) is 2.67. The molecule has 26 heavy (non-hydrogen) atoms. The second-order valence-corrected chi connectivity index (χ2v) is 8.94. The van der Waals surface area contributed by atoms with E-state index in [1.807, 2.05) is 30.2 Å². The van der Waals surface area contributed by atoms with Crippen LogP contribution in [0, 0.1) is 11.8 Å². The summed E-state index contributed by atoms with van der Waals surface area (Å²) in [5, 5.41) is 4.21. The van der Waals surface area contributed by atoms with E-state index in [1.165, 1.54) is 5.56 Å². The van der Waals surface area contributed by atoms with Crippen molar-refractivity contribution < 1.29 is 13.2 Å². The molecule has 0 aliphatic carbocycles. The second-order valence-electron chi connectivity index (χ2n) is 7.18. The molecule has 3 atom stereocenters. The topological polar surface area (TPSA) is 76.5 Å². The fourth-order valence-electron chi connectivity index (χ4n) is 3.93. The van der Waals surface area contributed by atoms with Gasteiger partial charge in [-0.05, 0) is 12.1 Å². The number of aromatic nitrogens is 2. The van der Waals surface area contributed by atoms with Crippen LogP contribution in [-0.2, 0) is 28.4 Å². The lowest BCUT2D eigenvalue weighted by Crippen LogP contribution is -2.34. The smallest absolute Gasteiger partial charge is 0.240 e. The lowest BCUT2D eigenvalue weighted by atomic mass is 9.93. The van der Waals surface area contributed by atoms with Gasteiger partial charge in [-0.25, -0.2) is 13.1 Å². The summed E-state index contributed by atoms with van der Waals surface area (Å²) >= 11 is 0. The minimum Gasteiger partial charge on any atom is -0.376 e. The monoisotopic (exact) mass is 376 g/mol. The highest BCUT2D eigenvalue weighted by atomic mass is 32.2. The lowest BCUT2D eigenvalue weighted by molar-refractivity contribution is 0.0942. The van der Waals surface area contributed by atoms with Crippen LogP contribution in [0.15, 0.2) is 47.6 Å². The maximum absolute atomic E-state index is 12.4. The molecule has 2 fully saturated rings. The number of ether oxygens (including phenoxy) is 1. The van der Waals surface area contributed by atoms with Crippen molar-refractivity contribution in [3.8, 4) is 0 Å². The predicted octanol–water partition coefficient (Wildman–Crippen LogP) is 0.845. The average molecular weight is 376 g/mol. The third kappa shape index (κ3) is 3.68. The first-order valence-electron chi connectivity index (χ1n) is 8.87. The maximum atomic E-state index is 12.4. The largest absolute Gasteiger partial charge is 0.376 e. The molecule has 0 radical (unpaired) electrons. The minimum atomic E-state index is -3.47. The number of benzene rings is 1. The van der Waals surface area contributed by atoms with Gasteiger partial charge in [-0.15, -0.1) is 0 Å². The standard InChI is InChI=1S/C18H24N4O3S/c1-21-9-14(7-19-21)10-22-11-17-15(13-25-18(17)12-22)8-20-26(23,24)16-5-3-2-4-6-16/h2-7,9,15,17-18,20H,8,10-13H2,1H3/t15-,17-,18-/m1/s1. The van der Waals surface area contributed by atoms with Crippen molar-refractivity contribution >= 4 is 10.0 Å². The molecule has 0 spiro atoms. The highest BCUT2D eigenvalue weighted by molar-refractivity contribution is 7.89. The van der Waals surface area contributed by atoms with Crippen LogP contribution in [0.5, 0.6) is 0 Å². The molecular formula is C18H24N4O3S. The molecule has 0 amide bonds. The molecular weight excluding hydrogens is 352 g/mol. The molecule has 7 nitrogen and oxygen atoms in total. The van der Waals surface area contributed by atoms with Crippen LogP contribution in [0.3, 0.4) is 0 Å². The summed E-state index contributed by atoms with van der Waals surface area (Å²) in [5.41, 5.74) is 1.19. The third-order valence-corrected chi connectivity index (χ3v) is 6.71. The number of rotatable bonds is 6. The first-order chi connectivity index (χ1) is 12.5. The summed E-state index contributed by atoms with van der Waals surface area (Å²) in [6.07, 6.45) is 4.11. The Bertz CT molecular complexity index is 852. The molecule has 1 N–H and O–H groups in total. The number of hydrogen-bond acceptors (Lipinski definition) is 5. The lowest BCUT2D eigenvalue weighted by Gasteiger charge is -2.19. The quantitative estimate of drug-likeness (QED) is 0.809. The zero-order chi connectivity index (χ0) is 18.1. The van der Waals surface area contributed by atoms with Crippen LogP contribution in [0.4, 0.5) is 0 Å². The van der Waals surface area contributed by atoms with E-state index in [0.717, 1.165) is 19.6 Å². The van der Waals surface area contributed by atoms with Crippen LogP contribution < -0.4 is 4.72 Å². The van der Waals surface area contributed by atoms with Crippen molar-refractivity contribution in [3.63, 3.8) is 0 Å². The van der Waals surface area contributed by atoms with Crippen LogP contribution in [0.25, 0.3) is 0 Å². The molecule has 1 aromatic carbocycles. The van der Waals surface area contributed by atoms with Gasteiger partial charge in [0.05, 0.1) is 23.8 Å². The molecule has 0 unspecified atom stereocenters. The fraction of sp³-hybridized carbons (Fsp3) is 0.500. The second kappa shape index (κ2) is 7.11. The molecule has 3 heterocycles. The number of fused-ring (bicyclic) bond motifs is 1. The zero-order valence-electron chi connectivity index (χ0n) is 14.8. The Hall–Kier alpha value is -1.74. The zero-order valence-corrected chi connectivity index (χ0v) is 15.6.